The number of amides is 1. The van der Waals surface area contributed by atoms with Crippen molar-refractivity contribution in [3.05, 3.63) is 0 Å². The van der Waals surface area contributed by atoms with E-state index in [-0.39, 0.29) is 30.1 Å². The molecule has 146 valence electrons. The van der Waals surface area contributed by atoms with E-state index in [0.717, 1.165) is 19.4 Å². The largest absolute Gasteiger partial charge is 0.450 e. The molecule has 25 heavy (non-hydrogen) atoms. The zero-order chi connectivity index (χ0) is 17.6. The maximum atomic E-state index is 11.7. The predicted octanol–water partition coefficient (Wildman–Crippen LogP) is 3.35. The number of nitrogens with one attached hydrogen (secondary N) is 1. The molecule has 6 nitrogen and oxygen atoms in total. The van der Waals surface area contributed by atoms with Crippen LogP contribution in [0.25, 0.3) is 0 Å². The summed E-state index contributed by atoms with van der Waals surface area (Å²) in [7, 11) is 0. The molecule has 1 aliphatic heterocycles. The van der Waals surface area contributed by atoms with Crippen molar-refractivity contribution in [1.82, 2.24) is 10.2 Å². The minimum Gasteiger partial charge on any atom is -0.450 e. The second-order valence-electron chi connectivity index (χ2n) is 7.76. The molecule has 1 saturated carbocycles. The molecule has 0 spiro atoms. The van der Waals surface area contributed by atoms with Crippen molar-refractivity contribution < 1.29 is 9.53 Å². The van der Waals surface area contributed by atoms with Crippen molar-refractivity contribution >= 4 is 36.0 Å². The smallest absolute Gasteiger partial charge is 0.409 e. The van der Waals surface area contributed by atoms with E-state index in [9.17, 15) is 4.79 Å². The predicted molar refractivity (Wildman–Crippen MR) is 112 cm³/mol. The standard InChI is InChI=1S/C18H34N4O2.HI/c1-4-24-17(23)22-10-6-15(7-11-22)21-16(19)20-13-18(8-5-9-18)12-14(2)3;/h14-15H,4-13H2,1-3H3,(H3,19,20,21);1H. The lowest BCUT2D eigenvalue weighted by atomic mass is 9.64. The van der Waals surface area contributed by atoms with Gasteiger partial charge in [0.2, 0.25) is 0 Å². The molecule has 1 amide bonds. The van der Waals surface area contributed by atoms with E-state index < -0.39 is 0 Å². The van der Waals surface area contributed by atoms with Gasteiger partial charge >= 0.3 is 6.09 Å². The van der Waals surface area contributed by atoms with E-state index in [1.54, 1.807) is 4.90 Å². The molecule has 0 atom stereocenters. The maximum absolute atomic E-state index is 11.7. The summed E-state index contributed by atoms with van der Waals surface area (Å²) in [6.45, 7) is 9.07. The first-order valence-corrected chi connectivity index (χ1v) is 9.42. The lowest BCUT2D eigenvalue weighted by Gasteiger charge is -2.42. The highest BCUT2D eigenvalue weighted by atomic mass is 127. The summed E-state index contributed by atoms with van der Waals surface area (Å²) in [4.78, 5) is 18.1. The number of ether oxygens (including phenoxy) is 1. The van der Waals surface area contributed by atoms with Crippen molar-refractivity contribution in [3.8, 4) is 0 Å². The summed E-state index contributed by atoms with van der Waals surface area (Å²) in [5, 5.41) is 3.33. The van der Waals surface area contributed by atoms with Gasteiger partial charge in [0.25, 0.3) is 0 Å². The highest BCUT2D eigenvalue weighted by Gasteiger charge is 2.37. The molecule has 0 aromatic heterocycles. The molecule has 3 N–H and O–H groups in total. The molecule has 0 unspecified atom stereocenters. The second-order valence-corrected chi connectivity index (χ2v) is 7.76. The first kappa shape index (κ1) is 22.3. The molecule has 2 fully saturated rings. The van der Waals surface area contributed by atoms with Gasteiger partial charge in [-0.1, -0.05) is 20.3 Å². The van der Waals surface area contributed by atoms with Crippen LogP contribution in [0.2, 0.25) is 0 Å². The lowest BCUT2D eigenvalue weighted by Crippen LogP contribution is -2.49. The topological polar surface area (TPSA) is 80.0 Å². The van der Waals surface area contributed by atoms with Gasteiger partial charge in [-0.3, -0.25) is 4.99 Å². The van der Waals surface area contributed by atoms with Crippen LogP contribution in [0.4, 0.5) is 4.79 Å². The number of halogens is 1. The van der Waals surface area contributed by atoms with Gasteiger partial charge < -0.3 is 20.7 Å². The first-order valence-electron chi connectivity index (χ1n) is 9.42. The fourth-order valence-electron chi connectivity index (χ4n) is 3.90. The highest BCUT2D eigenvalue weighted by Crippen LogP contribution is 2.46. The third-order valence-corrected chi connectivity index (χ3v) is 5.21. The minimum atomic E-state index is -0.210. The number of rotatable bonds is 6. The Kier molecular flexibility index (Phi) is 9.30. The first-order chi connectivity index (χ1) is 11.4. The summed E-state index contributed by atoms with van der Waals surface area (Å²) in [5.74, 6) is 1.27. The van der Waals surface area contributed by atoms with Gasteiger partial charge in [-0.25, -0.2) is 4.79 Å². The number of hydrogen-bond acceptors (Lipinski definition) is 3. The Morgan fingerprint density at radius 2 is 2.00 bits per heavy atom. The van der Waals surface area contributed by atoms with Crippen LogP contribution in [0, 0.1) is 11.3 Å². The summed E-state index contributed by atoms with van der Waals surface area (Å²) in [5.41, 5.74) is 6.48. The van der Waals surface area contributed by atoms with Gasteiger partial charge in [0, 0.05) is 25.7 Å². The van der Waals surface area contributed by atoms with Crippen molar-refractivity contribution in [1.29, 1.82) is 0 Å². The third-order valence-electron chi connectivity index (χ3n) is 5.21. The SMILES string of the molecule is CCOC(=O)N1CCC(NC(N)=NCC2(CC(C)C)CCC2)CC1.I. The van der Waals surface area contributed by atoms with Crippen LogP contribution in [0.15, 0.2) is 4.99 Å². The van der Waals surface area contributed by atoms with E-state index in [2.05, 4.69) is 24.2 Å². The molecule has 7 heteroatoms. The molecule has 1 aliphatic carbocycles. The zero-order valence-corrected chi connectivity index (χ0v) is 18.3. The third kappa shape index (κ3) is 6.83. The van der Waals surface area contributed by atoms with E-state index in [0.29, 0.717) is 43.0 Å². The van der Waals surface area contributed by atoms with E-state index in [1.165, 1.54) is 25.7 Å². The molecule has 0 bridgehead atoms. The fraction of sp³-hybridized carbons (Fsp3) is 0.889. The Hall–Kier alpha value is -0.730. The van der Waals surface area contributed by atoms with Gasteiger partial charge in [0.15, 0.2) is 5.96 Å². The molecule has 1 saturated heterocycles. The van der Waals surface area contributed by atoms with E-state index >= 15 is 0 Å². The Morgan fingerprint density at radius 3 is 2.48 bits per heavy atom. The van der Waals surface area contributed by atoms with Crippen LogP contribution < -0.4 is 11.1 Å². The summed E-state index contributed by atoms with van der Waals surface area (Å²) < 4.78 is 5.04. The number of hydrogen-bond donors (Lipinski definition) is 2. The van der Waals surface area contributed by atoms with Crippen molar-refractivity contribution in [2.75, 3.05) is 26.2 Å². The Labute approximate surface area is 169 Å². The number of nitrogens with two attached hydrogens (primary N) is 1. The average Bonchev–Trinajstić information content (AvgIpc) is 2.50. The molecule has 2 aliphatic rings. The zero-order valence-electron chi connectivity index (χ0n) is 15.9. The quantitative estimate of drug-likeness (QED) is 0.358. The molecule has 2 rings (SSSR count). The monoisotopic (exact) mass is 466 g/mol. The van der Waals surface area contributed by atoms with Crippen LogP contribution in [0.1, 0.15) is 59.3 Å². The molecule has 0 aromatic rings. The number of likely N-dealkylation sites (tertiary alicyclic amines) is 1. The van der Waals surface area contributed by atoms with Crippen LogP contribution >= 0.6 is 24.0 Å². The maximum Gasteiger partial charge on any atom is 0.409 e. The number of carbonyl (C=O) groups excluding carboxylic acids is 1. The Bertz CT molecular complexity index is 444. The second kappa shape index (κ2) is 10.4. The number of carbonyl (C=O) groups is 1. The summed E-state index contributed by atoms with van der Waals surface area (Å²) in [6, 6.07) is 0.293. The van der Waals surface area contributed by atoms with Crippen LogP contribution in [0.3, 0.4) is 0 Å². The summed E-state index contributed by atoms with van der Waals surface area (Å²) >= 11 is 0. The van der Waals surface area contributed by atoms with Gasteiger partial charge in [-0.05, 0) is 50.4 Å². The van der Waals surface area contributed by atoms with Crippen molar-refractivity contribution in [3.63, 3.8) is 0 Å². The average molecular weight is 466 g/mol. The van der Waals surface area contributed by atoms with E-state index in [1.807, 2.05) is 6.92 Å². The highest BCUT2D eigenvalue weighted by molar-refractivity contribution is 14.0. The molecule has 0 aromatic carbocycles. The Morgan fingerprint density at radius 1 is 1.36 bits per heavy atom. The number of piperidine rings is 1. The number of guanidine groups is 1. The van der Waals surface area contributed by atoms with Gasteiger partial charge in [-0.2, -0.15) is 0 Å². The van der Waals surface area contributed by atoms with Gasteiger partial charge in [0.05, 0.1) is 6.61 Å². The van der Waals surface area contributed by atoms with E-state index in [4.69, 9.17) is 10.5 Å². The van der Waals surface area contributed by atoms with Crippen LogP contribution in [-0.4, -0.2) is 49.2 Å². The lowest BCUT2D eigenvalue weighted by molar-refractivity contribution is 0.0962. The van der Waals surface area contributed by atoms with Crippen LogP contribution in [0.5, 0.6) is 0 Å². The van der Waals surface area contributed by atoms with Crippen molar-refractivity contribution in [2.24, 2.45) is 22.1 Å². The number of aliphatic imine (C=N–C) groups is 1. The molecule has 0 radical (unpaired) electrons. The van der Waals surface area contributed by atoms with Crippen LogP contribution in [-0.2, 0) is 4.74 Å². The number of nitrogens with zero attached hydrogens (tertiary/aromatic N) is 2. The molecule has 1 heterocycles. The summed E-state index contributed by atoms with van der Waals surface area (Å²) in [6.07, 6.45) is 6.67. The molecular formula is C18H35IN4O2. The normalized spacial score (nSPS) is 20.6. The Balaban J connectivity index is 0.00000312. The van der Waals surface area contributed by atoms with Gasteiger partial charge in [-0.15, -0.1) is 24.0 Å². The van der Waals surface area contributed by atoms with Crippen molar-refractivity contribution in [2.45, 2.75) is 65.3 Å². The molecular weight excluding hydrogens is 431 g/mol. The fourth-order valence-corrected chi connectivity index (χ4v) is 3.90. The van der Waals surface area contributed by atoms with Gasteiger partial charge in [0.1, 0.15) is 0 Å². The minimum absolute atomic E-state index is 0.